The molecule has 0 aromatic heterocycles. The molecular weight excluding hydrogens is 268 g/mol. The van der Waals surface area contributed by atoms with Gasteiger partial charge in [-0.25, -0.2) is 0 Å². The summed E-state index contributed by atoms with van der Waals surface area (Å²) >= 11 is 0. The number of nitrogens with one attached hydrogen (secondary N) is 2. The van der Waals surface area contributed by atoms with Crippen molar-refractivity contribution in [3.63, 3.8) is 0 Å². The Kier molecular flexibility index (Phi) is 6.65. The second-order valence-electron chi connectivity index (χ2n) is 7.04. The van der Waals surface area contributed by atoms with Crippen LogP contribution in [-0.2, 0) is 14.3 Å². The lowest BCUT2D eigenvalue weighted by Gasteiger charge is -2.24. The fourth-order valence-corrected chi connectivity index (χ4v) is 2.76. The van der Waals surface area contributed by atoms with E-state index < -0.39 is 6.04 Å². The standard InChI is InChI=1S/C16H30N2O3/c1-11(2)8-16(6-7-16)10-17-15(20)14(12(3)4)18-13(19)9-21-5/h11-12,14H,6-10H2,1-5H3,(H,17,20)(H,18,19)/t14-/m0/s1. The third kappa shape index (κ3) is 6.04. The lowest BCUT2D eigenvalue weighted by atomic mass is 9.94. The maximum absolute atomic E-state index is 12.3. The van der Waals surface area contributed by atoms with Crippen LogP contribution in [-0.4, -0.2) is 38.1 Å². The number of carbonyl (C=O) groups is 2. The fourth-order valence-electron chi connectivity index (χ4n) is 2.76. The van der Waals surface area contributed by atoms with Crippen LogP contribution in [0.1, 0.15) is 47.0 Å². The molecule has 0 saturated heterocycles. The van der Waals surface area contributed by atoms with Crippen molar-refractivity contribution in [2.75, 3.05) is 20.3 Å². The van der Waals surface area contributed by atoms with Crippen molar-refractivity contribution >= 4 is 11.8 Å². The topological polar surface area (TPSA) is 67.4 Å². The maximum atomic E-state index is 12.3. The molecule has 5 nitrogen and oxygen atoms in total. The first-order valence-electron chi connectivity index (χ1n) is 7.85. The van der Waals surface area contributed by atoms with Crippen LogP contribution < -0.4 is 10.6 Å². The van der Waals surface area contributed by atoms with Gasteiger partial charge in [-0.15, -0.1) is 0 Å². The van der Waals surface area contributed by atoms with Crippen LogP contribution >= 0.6 is 0 Å². The molecule has 0 radical (unpaired) electrons. The summed E-state index contributed by atoms with van der Waals surface area (Å²) in [6.07, 6.45) is 3.53. The van der Waals surface area contributed by atoms with Gasteiger partial charge in [-0.05, 0) is 36.5 Å². The van der Waals surface area contributed by atoms with Crippen LogP contribution in [0.3, 0.4) is 0 Å². The number of hydrogen-bond acceptors (Lipinski definition) is 3. The number of carbonyl (C=O) groups excluding carboxylic acids is 2. The first-order valence-corrected chi connectivity index (χ1v) is 7.85. The molecule has 0 aromatic carbocycles. The molecule has 2 amide bonds. The highest BCUT2D eigenvalue weighted by molar-refractivity contribution is 5.88. The lowest BCUT2D eigenvalue weighted by Crippen LogP contribution is -2.51. The molecule has 1 rings (SSSR count). The Morgan fingerprint density at radius 3 is 2.24 bits per heavy atom. The molecule has 122 valence electrons. The average Bonchev–Trinajstić information content (AvgIpc) is 3.12. The number of hydrogen-bond donors (Lipinski definition) is 2. The van der Waals surface area contributed by atoms with E-state index in [-0.39, 0.29) is 24.3 Å². The SMILES string of the molecule is COCC(=O)N[C@H](C(=O)NCC1(CC(C)C)CC1)C(C)C. The Labute approximate surface area is 128 Å². The van der Waals surface area contributed by atoms with Crippen molar-refractivity contribution in [3.05, 3.63) is 0 Å². The van der Waals surface area contributed by atoms with Crippen molar-refractivity contribution in [1.82, 2.24) is 10.6 Å². The second-order valence-corrected chi connectivity index (χ2v) is 7.04. The van der Waals surface area contributed by atoms with Crippen LogP contribution in [0.2, 0.25) is 0 Å². The Morgan fingerprint density at radius 1 is 1.19 bits per heavy atom. The van der Waals surface area contributed by atoms with Gasteiger partial charge in [-0.1, -0.05) is 27.7 Å². The van der Waals surface area contributed by atoms with Crippen LogP contribution in [0.4, 0.5) is 0 Å². The minimum Gasteiger partial charge on any atom is -0.375 e. The van der Waals surface area contributed by atoms with Gasteiger partial charge >= 0.3 is 0 Å². The molecule has 1 saturated carbocycles. The number of ether oxygens (including phenoxy) is 1. The van der Waals surface area contributed by atoms with Crippen LogP contribution in [0, 0.1) is 17.3 Å². The molecule has 1 aliphatic carbocycles. The van der Waals surface area contributed by atoms with E-state index in [4.69, 9.17) is 4.74 Å². The zero-order valence-electron chi connectivity index (χ0n) is 14.0. The van der Waals surface area contributed by atoms with Gasteiger partial charge < -0.3 is 15.4 Å². The molecule has 0 aromatic rings. The highest BCUT2D eigenvalue weighted by Gasteiger charge is 2.43. The van der Waals surface area contributed by atoms with E-state index in [0.29, 0.717) is 17.9 Å². The second kappa shape index (κ2) is 7.78. The third-order valence-corrected chi connectivity index (χ3v) is 3.98. The smallest absolute Gasteiger partial charge is 0.246 e. The molecule has 1 aliphatic rings. The predicted molar refractivity (Wildman–Crippen MR) is 82.8 cm³/mol. The molecule has 5 heteroatoms. The number of amides is 2. The van der Waals surface area contributed by atoms with Gasteiger partial charge in [0.1, 0.15) is 12.6 Å². The van der Waals surface area contributed by atoms with E-state index in [1.807, 2.05) is 13.8 Å². The van der Waals surface area contributed by atoms with E-state index in [1.165, 1.54) is 20.0 Å². The van der Waals surface area contributed by atoms with Gasteiger partial charge in [0.2, 0.25) is 11.8 Å². The zero-order chi connectivity index (χ0) is 16.0. The third-order valence-electron chi connectivity index (χ3n) is 3.98. The van der Waals surface area contributed by atoms with Crippen molar-refractivity contribution < 1.29 is 14.3 Å². The first kappa shape index (κ1) is 18.0. The van der Waals surface area contributed by atoms with Gasteiger partial charge in [0.15, 0.2) is 0 Å². The summed E-state index contributed by atoms with van der Waals surface area (Å²) in [7, 11) is 1.47. The minimum absolute atomic E-state index is 0.0201. The van der Waals surface area contributed by atoms with Gasteiger partial charge in [0, 0.05) is 13.7 Å². The van der Waals surface area contributed by atoms with Gasteiger partial charge in [-0.3, -0.25) is 9.59 Å². The molecule has 21 heavy (non-hydrogen) atoms. The molecule has 1 atom stereocenters. The Hall–Kier alpha value is -1.10. The molecular formula is C16H30N2O3. The molecule has 0 heterocycles. The van der Waals surface area contributed by atoms with Gasteiger partial charge in [0.25, 0.3) is 0 Å². The molecule has 0 spiro atoms. The average molecular weight is 298 g/mol. The Balaban J connectivity index is 2.48. The molecule has 0 bridgehead atoms. The summed E-state index contributed by atoms with van der Waals surface area (Å²) in [6.45, 7) is 8.98. The van der Waals surface area contributed by atoms with E-state index >= 15 is 0 Å². The zero-order valence-corrected chi connectivity index (χ0v) is 14.0. The Morgan fingerprint density at radius 2 is 1.81 bits per heavy atom. The molecule has 0 unspecified atom stereocenters. The normalized spacial score (nSPS) is 17.7. The van der Waals surface area contributed by atoms with E-state index in [1.54, 1.807) is 0 Å². The summed E-state index contributed by atoms with van der Waals surface area (Å²) in [5.74, 6) is 0.344. The maximum Gasteiger partial charge on any atom is 0.246 e. The predicted octanol–water partition coefficient (Wildman–Crippen LogP) is 1.72. The minimum atomic E-state index is -0.498. The van der Waals surface area contributed by atoms with Crippen LogP contribution in [0.25, 0.3) is 0 Å². The highest BCUT2D eigenvalue weighted by atomic mass is 16.5. The largest absolute Gasteiger partial charge is 0.375 e. The summed E-state index contributed by atoms with van der Waals surface area (Å²) in [5, 5.41) is 5.76. The summed E-state index contributed by atoms with van der Waals surface area (Å²) in [4.78, 5) is 23.9. The highest BCUT2D eigenvalue weighted by Crippen LogP contribution is 2.49. The quantitative estimate of drug-likeness (QED) is 0.681. The Bertz CT molecular complexity index is 363. The van der Waals surface area contributed by atoms with Crippen molar-refractivity contribution in [2.45, 2.75) is 53.0 Å². The first-order chi connectivity index (χ1) is 9.79. The van der Waals surface area contributed by atoms with E-state index in [2.05, 4.69) is 24.5 Å². The lowest BCUT2D eigenvalue weighted by molar-refractivity contribution is -0.132. The van der Waals surface area contributed by atoms with E-state index in [9.17, 15) is 9.59 Å². The van der Waals surface area contributed by atoms with Crippen molar-refractivity contribution in [3.8, 4) is 0 Å². The summed E-state index contributed by atoms with van der Waals surface area (Å²) < 4.78 is 4.79. The molecule has 1 fully saturated rings. The molecule has 0 aliphatic heterocycles. The fraction of sp³-hybridized carbons (Fsp3) is 0.875. The van der Waals surface area contributed by atoms with Gasteiger partial charge in [0.05, 0.1) is 0 Å². The van der Waals surface area contributed by atoms with E-state index in [0.717, 1.165) is 6.42 Å². The van der Waals surface area contributed by atoms with Crippen LogP contribution in [0.5, 0.6) is 0 Å². The number of methoxy groups -OCH3 is 1. The van der Waals surface area contributed by atoms with Gasteiger partial charge in [-0.2, -0.15) is 0 Å². The van der Waals surface area contributed by atoms with Crippen molar-refractivity contribution in [1.29, 1.82) is 0 Å². The summed E-state index contributed by atoms with van der Waals surface area (Å²) in [5.41, 5.74) is 0.294. The molecule has 2 N–H and O–H groups in total. The van der Waals surface area contributed by atoms with Crippen molar-refractivity contribution in [2.24, 2.45) is 17.3 Å². The number of rotatable bonds is 9. The summed E-state index contributed by atoms with van der Waals surface area (Å²) in [6, 6.07) is -0.498. The van der Waals surface area contributed by atoms with Crippen LogP contribution in [0.15, 0.2) is 0 Å². The monoisotopic (exact) mass is 298 g/mol.